The summed E-state index contributed by atoms with van der Waals surface area (Å²) in [5.41, 5.74) is 2.73. The zero-order valence-corrected chi connectivity index (χ0v) is 17.4. The van der Waals surface area contributed by atoms with Crippen molar-refractivity contribution in [3.8, 4) is 0 Å². The van der Waals surface area contributed by atoms with Crippen LogP contribution in [-0.2, 0) is 21.8 Å². The number of amides is 1. The second-order valence-electron chi connectivity index (χ2n) is 7.81. The zero-order valence-electron chi connectivity index (χ0n) is 16.5. The second-order valence-corrected chi connectivity index (χ2v) is 9.80. The highest BCUT2D eigenvalue weighted by atomic mass is 32.2. The SMILES string of the molecule is Cc1cc(C(=O)N2C[C@H]3COC[C@@H]2CN(S(C)(=O)=O)C3)c2c(C)nn(C)c2n1. The Hall–Kier alpha value is -2.04. The molecule has 0 saturated carbocycles. The van der Waals surface area contributed by atoms with Gasteiger partial charge in [-0.05, 0) is 19.9 Å². The summed E-state index contributed by atoms with van der Waals surface area (Å²) in [6, 6.07) is 1.47. The number of carbonyl (C=O) groups is 1. The third-order valence-corrected chi connectivity index (χ3v) is 6.73. The van der Waals surface area contributed by atoms with E-state index in [1.807, 2.05) is 20.9 Å². The summed E-state index contributed by atoms with van der Waals surface area (Å²) < 4.78 is 33.2. The van der Waals surface area contributed by atoms with Gasteiger partial charge in [0.05, 0.1) is 42.2 Å². The summed E-state index contributed by atoms with van der Waals surface area (Å²) in [6.45, 7) is 5.59. The van der Waals surface area contributed by atoms with Crippen LogP contribution in [0.4, 0.5) is 0 Å². The smallest absolute Gasteiger partial charge is 0.255 e. The van der Waals surface area contributed by atoms with Gasteiger partial charge in [0.25, 0.3) is 5.91 Å². The summed E-state index contributed by atoms with van der Waals surface area (Å²) in [7, 11) is -1.52. The molecular weight excluding hydrogens is 382 g/mol. The highest BCUT2D eigenvalue weighted by Crippen LogP contribution is 2.27. The molecular formula is C18H25N5O4S. The van der Waals surface area contributed by atoms with Gasteiger partial charge in [-0.15, -0.1) is 0 Å². The Morgan fingerprint density at radius 3 is 2.68 bits per heavy atom. The largest absolute Gasteiger partial charge is 0.379 e. The van der Waals surface area contributed by atoms with Crippen LogP contribution in [-0.4, -0.2) is 83.4 Å². The lowest BCUT2D eigenvalue weighted by atomic mass is 10.1. The van der Waals surface area contributed by atoms with Crippen LogP contribution in [0.2, 0.25) is 0 Å². The van der Waals surface area contributed by atoms with Gasteiger partial charge < -0.3 is 9.64 Å². The Morgan fingerprint density at radius 1 is 1.21 bits per heavy atom. The van der Waals surface area contributed by atoms with Crippen molar-refractivity contribution in [2.75, 3.05) is 39.1 Å². The van der Waals surface area contributed by atoms with Crippen LogP contribution in [0, 0.1) is 19.8 Å². The number of hydrogen-bond acceptors (Lipinski definition) is 6. The number of nitrogens with zero attached hydrogens (tertiary/aromatic N) is 5. The minimum absolute atomic E-state index is 0.0559. The molecule has 152 valence electrons. The van der Waals surface area contributed by atoms with Crippen LogP contribution in [0.15, 0.2) is 6.07 Å². The van der Waals surface area contributed by atoms with Crippen LogP contribution in [0.1, 0.15) is 21.7 Å². The number of rotatable bonds is 2. The Kier molecular flexibility index (Phi) is 4.67. The van der Waals surface area contributed by atoms with Gasteiger partial charge in [-0.25, -0.2) is 13.4 Å². The molecule has 2 bridgehead atoms. The molecule has 4 rings (SSSR count). The summed E-state index contributed by atoms with van der Waals surface area (Å²) >= 11 is 0. The molecule has 28 heavy (non-hydrogen) atoms. The van der Waals surface area contributed by atoms with Crippen LogP contribution in [0.25, 0.3) is 11.0 Å². The first-order valence-corrected chi connectivity index (χ1v) is 11.1. The van der Waals surface area contributed by atoms with Crippen molar-refractivity contribution in [2.24, 2.45) is 13.0 Å². The van der Waals surface area contributed by atoms with Crippen molar-refractivity contribution in [1.82, 2.24) is 24.0 Å². The topological polar surface area (TPSA) is 97.6 Å². The highest BCUT2D eigenvalue weighted by Gasteiger charge is 2.39. The van der Waals surface area contributed by atoms with Crippen LogP contribution in [0.3, 0.4) is 0 Å². The molecule has 9 nitrogen and oxygen atoms in total. The lowest BCUT2D eigenvalue weighted by molar-refractivity contribution is 0.0543. The molecule has 2 fully saturated rings. The number of carbonyl (C=O) groups excluding carboxylic acids is 1. The summed E-state index contributed by atoms with van der Waals surface area (Å²) in [5.74, 6) is -0.179. The van der Waals surface area contributed by atoms with Crippen molar-refractivity contribution in [2.45, 2.75) is 19.9 Å². The van der Waals surface area contributed by atoms with Gasteiger partial charge in [-0.3, -0.25) is 9.48 Å². The average Bonchev–Trinajstić information content (AvgIpc) is 2.77. The van der Waals surface area contributed by atoms with Gasteiger partial charge >= 0.3 is 0 Å². The van der Waals surface area contributed by atoms with Crippen molar-refractivity contribution in [1.29, 1.82) is 0 Å². The van der Waals surface area contributed by atoms with E-state index in [0.717, 1.165) is 16.8 Å². The molecule has 2 aliphatic heterocycles. The first-order chi connectivity index (χ1) is 13.1. The number of hydrogen-bond donors (Lipinski definition) is 0. The molecule has 1 amide bonds. The molecule has 0 aliphatic carbocycles. The lowest BCUT2D eigenvalue weighted by Gasteiger charge is -2.30. The van der Waals surface area contributed by atoms with E-state index in [4.69, 9.17) is 4.74 Å². The number of aryl methyl sites for hydroxylation is 3. The van der Waals surface area contributed by atoms with E-state index in [0.29, 0.717) is 37.5 Å². The van der Waals surface area contributed by atoms with E-state index < -0.39 is 10.0 Å². The fourth-order valence-corrected chi connectivity index (χ4v) is 5.14. The number of ether oxygens (including phenoxy) is 1. The van der Waals surface area contributed by atoms with Gasteiger partial charge in [-0.2, -0.15) is 9.40 Å². The second kappa shape index (κ2) is 6.78. The molecule has 0 N–H and O–H groups in total. The molecule has 0 aromatic carbocycles. The minimum atomic E-state index is -3.33. The van der Waals surface area contributed by atoms with Crippen LogP contribution in [0.5, 0.6) is 0 Å². The lowest BCUT2D eigenvalue weighted by Crippen LogP contribution is -2.47. The minimum Gasteiger partial charge on any atom is -0.379 e. The fraction of sp³-hybridized carbons (Fsp3) is 0.611. The third kappa shape index (κ3) is 3.29. The number of fused-ring (bicyclic) bond motifs is 4. The van der Waals surface area contributed by atoms with Gasteiger partial charge in [0.1, 0.15) is 0 Å². The molecule has 4 heterocycles. The van der Waals surface area contributed by atoms with E-state index in [2.05, 4.69) is 10.1 Å². The molecule has 2 aliphatic rings. The Bertz CT molecular complexity index is 1050. The number of sulfonamides is 1. The molecule has 10 heteroatoms. The maximum atomic E-state index is 13.6. The number of aromatic nitrogens is 3. The first kappa shape index (κ1) is 19.3. The van der Waals surface area contributed by atoms with Crippen molar-refractivity contribution >= 4 is 27.0 Å². The molecule has 0 radical (unpaired) electrons. The van der Waals surface area contributed by atoms with Gasteiger partial charge in [0.15, 0.2) is 5.65 Å². The van der Waals surface area contributed by atoms with Gasteiger partial charge in [0.2, 0.25) is 10.0 Å². The normalized spacial score (nSPS) is 23.8. The summed E-state index contributed by atoms with van der Waals surface area (Å²) in [4.78, 5) is 19.9. The summed E-state index contributed by atoms with van der Waals surface area (Å²) in [5, 5.41) is 5.17. The van der Waals surface area contributed by atoms with Gasteiger partial charge in [0, 0.05) is 38.3 Å². The van der Waals surface area contributed by atoms with E-state index in [1.165, 1.54) is 10.6 Å². The molecule has 0 spiro atoms. The summed E-state index contributed by atoms with van der Waals surface area (Å²) in [6.07, 6.45) is 1.22. The van der Waals surface area contributed by atoms with Gasteiger partial charge in [-0.1, -0.05) is 0 Å². The molecule has 2 aromatic rings. The van der Waals surface area contributed by atoms with E-state index in [-0.39, 0.29) is 24.4 Å². The third-order valence-electron chi connectivity index (χ3n) is 5.49. The molecule has 2 saturated heterocycles. The Labute approximate surface area is 164 Å². The zero-order chi connectivity index (χ0) is 20.2. The predicted octanol–water partition coefficient (Wildman–Crippen LogP) is 0.318. The Balaban J connectivity index is 1.77. The highest BCUT2D eigenvalue weighted by molar-refractivity contribution is 7.88. The van der Waals surface area contributed by atoms with Crippen molar-refractivity contribution < 1.29 is 17.9 Å². The number of pyridine rings is 1. The standard InChI is InChI=1S/C18H25N5O4S/c1-11-5-15(16-12(2)20-21(3)17(16)19-11)18(24)23-7-13-6-22(28(4,25)26)8-14(23)10-27-9-13/h5,13-14H,6-10H2,1-4H3/t13-,14-/m0/s1. The fourth-order valence-electron chi connectivity index (χ4n) is 4.21. The van der Waals surface area contributed by atoms with E-state index >= 15 is 0 Å². The molecule has 2 aromatic heterocycles. The average molecular weight is 407 g/mol. The first-order valence-electron chi connectivity index (χ1n) is 9.30. The molecule has 0 unspecified atom stereocenters. The monoisotopic (exact) mass is 407 g/mol. The molecule has 2 atom stereocenters. The van der Waals surface area contributed by atoms with Crippen LogP contribution < -0.4 is 0 Å². The maximum absolute atomic E-state index is 13.6. The quantitative estimate of drug-likeness (QED) is 0.711. The van der Waals surface area contributed by atoms with Crippen molar-refractivity contribution in [3.05, 3.63) is 23.0 Å². The van der Waals surface area contributed by atoms with E-state index in [1.54, 1.807) is 15.6 Å². The van der Waals surface area contributed by atoms with Crippen LogP contribution >= 0.6 is 0 Å². The maximum Gasteiger partial charge on any atom is 0.255 e. The van der Waals surface area contributed by atoms with Crippen molar-refractivity contribution in [3.63, 3.8) is 0 Å². The Morgan fingerprint density at radius 2 is 1.96 bits per heavy atom. The predicted molar refractivity (Wildman–Crippen MR) is 104 cm³/mol. The van der Waals surface area contributed by atoms with E-state index in [9.17, 15) is 13.2 Å².